The van der Waals surface area contributed by atoms with Gasteiger partial charge in [0.15, 0.2) is 5.84 Å². The molecule has 1 aliphatic rings. The van der Waals surface area contributed by atoms with E-state index in [2.05, 4.69) is 18.1 Å². The Hall–Kier alpha value is -1.20. The van der Waals surface area contributed by atoms with Gasteiger partial charge in [-0.1, -0.05) is 23.4 Å². The van der Waals surface area contributed by atoms with Gasteiger partial charge in [-0.3, -0.25) is 0 Å². The number of hydrogen-bond donors (Lipinski definition) is 2. The third kappa shape index (κ3) is 2.97. The largest absolute Gasteiger partial charge is 0.409 e. The summed E-state index contributed by atoms with van der Waals surface area (Å²) in [6.45, 7) is 3.70. The second-order valence-electron chi connectivity index (χ2n) is 4.37. The van der Waals surface area contributed by atoms with Crippen molar-refractivity contribution in [3.8, 4) is 0 Å². The zero-order valence-corrected chi connectivity index (χ0v) is 11.2. The molecule has 0 aromatic heterocycles. The van der Waals surface area contributed by atoms with E-state index in [0.717, 1.165) is 42.1 Å². The molecule has 0 spiro atoms. The predicted octanol–water partition coefficient (Wildman–Crippen LogP) is 2.36. The molecule has 0 bridgehead atoms. The number of benzene rings is 1. The van der Waals surface area contributed by atoms with Crippen LogP contribution in [0.2, 0.25) is 0 Å². The fourth-order valence-electron chi connectivity index (χ4n) is 2.02. The van der Waals surface area contributed by atoms with Gasteiger partial charge in [-0.15, -0.1) is 11.8 Å². The molecule has 1 heterocycles. The third-order valence-electron chi connectivity index (χ3n) is 3.05. The minimum absolute atomic E-state index is 0.174. The van der Waals surface area contributed by atoms with Crippen LogP contribution in [0.4, 0.5) is 0 Å². The number of aryl methyl sites for hydroxylation is 1. The molecular formula is C13H18N2O2S. The van der Waals surface area contributed by atoms with Crippen LogP contribution in [0.3, 0.4) is 0 Å². The number of ether oxygens (including phenoxy) is 1. The highest BCUT2D eigenvalue weighted by Gasteiger charge is 2.19. The van der Waals surface area contributed by atoms with Gasteiger partial charge in [-0.05, 0) is 25.3 Å². The van der Waals surface area contributed by atoms with Gasteiger partial charge in [0.1, 0.15) is 0 Å². The smallest absolute Gasteiger partial charge is 0.171 e. The number of thioether (sulfide) groups is 1. The SMILES string of the molecule is Cc1cccc(/C(N)=N/O)c1SC1CCOCC1. The van der Waals surface area contributed by atoms with Crippen LogP contribution in [0, 0.1) is 6.92 Å². The van der Waals surface area contributed by atoms with Crippen molar-refractivity contribution in [3.63, 3.8) is 0 Å². The zero-order valence-electron chi connectivity index (χ0n) is 10.4. The average Bonchev–Trinajstić information content (AvgIpc) is 2.41. The molecule has 98 valence electrons. The maximum atomic E-state index is 8.84. The van der Waals surface area contributed by atoms with Crippen molar-refractivity contribution in [1.29, 1.82) is 0 Å². The first-order valence-corrected chi connectivity index (χ1v) is 6.92. The number of hydrogen-bond acceptors (Lipinski definition) is 4. The summed E-state index contributed by atoms with van der Waals surface area (Å²) in [4.78, 5) is 1.11. The molecule has 1 aliphatic heterocycles. The van der Waals surface area contributed by atoms with E-state index in [1.807, 2.05) is 23.9 Å². The maximum absolute atomic E-state index is 8.84. The van der Waals surface area contributed by atoms with Gasteiger partial charge in [0.2, 0.25) is 0 Å². The van der Waals surface area contributed by atoms with Gasteiger partial charge in [0.25, 0.3) is 0 Å². The van der Waals surface area contributed by atoms with Gasteiger partial charge < -0.3 is 15.7 Å². The molecule has 0 radical (unpaired) electrons. The molecular weight excluding hydrogens is 248 g/mol. The van der Waals surface area contributed by atoms with Gasteiger partial charge in [0.05, 0.1) is 0 Å². The van der Waals surface area contributed by atoms with Crippen LogP contribution < -0.4 is 5.73 Å². The van der Waals surface area contributed by atoms with Crippen molar-refractivity contribution in [1.82, 2.24) is 0 Å². The van der Waals surface area contributed by atoms with Crippen molar-refractivity contribution < 1.29 is 9.94 Å². The van der Waals surface area contributed by atoms with Gasteiger partial charge in [-0.2, -0.15) is 0 Å². The molecule has 0 amide bonds. The highest BCUT2D eigenvalue weighted by atomic mass is 32.2. The Morgan fingerprint density at radius 2 is 2.17 bits per heavy atom. The predicted molar refractivity (Wildman–Crippen MR) is 73.4 cm³/mol. The van der Waals surface area contributed by atoms with Crippen LogP contribution in [0.1, 0.15) is 24.0 Å². The van der Waals surface area contributed by atoms with E-state index in [0.29, 0.717) is 5.25 Å². The van der Waals surface area contributed by atoms with Crippen molar-refractivity contribution >= 4 is 17.6 Å². The molecule has 0 atom stereocenters. The number of rotatable bonds is 3. The first kappa shape index (κ1) is 13.2. The summed E-state index contributed by atoms with van der Waals surface area (Å²) in [6.07, 6.45) is 2.10. The van der Waals surface area contributed by atoms with E-state index < -0.39 is 0 Å². The lowest BCUT2D eigenvalue weighted by molar-refractivity contribution is 0.1000. The van der Waals surface area contributed by atoms with Crippen LogP contribution in [0.5, 0.6) is 0 Å². The van der Waals surface area contributed by atoms with Crippen molar-refractivity contribution in [3.05, 3.63) is 29.3 Å². The molecule has 1 aromatic carbocycles. The summed E-state index contributed by atoms with van der Waals surface area (Å²) in [5.74, 6) is 0.174. The molecule has 1 fully saturated rings. The highest BCUT2D eigenvalue weighted by molar-refractivity contribution is 8.00. The minimum Gasteiger partial charge on any atom is -0.409 e. The minimum atomic E-state index is 0.174. The molecule has 0 unspecified atom stereocenters. The zero-order chi connectivity index (χ0) is 13.0. The summed E-state index contributed by atoms with van der Waals surface area (Å²) in [7, 11) is 0. The lowest BCUT2D eigenvalue weighted by atomic mass is 10.1. The van der Waals surface area contributed by atoms with Crippen LogP contribution >= 0.6 is 11.8 Å². The van der Waals surface area contributed by atoms with E-state index in [1.165, 1.54) is 0 Å². The summed E-state index contributed by atoms with van der Waals surface area (Å²) >= 11 is 1.81. The number of oxime groups is 1. The van der Waals surface area contributed by atoms with Gasteiger partial charge >= 0.3 is 0 Å². The Morgan fingerprint density at radius 3 is 2.83 bits per heavy atom. The standard InChI is InChI=1S/C13H18N2O2S/c1-9-3-2-4-11(13(14)15-16)12(9)18-10-5-7-17-8-6-10/h2-4,10,16H,5-8H2,1H3,(H2,14,15). The fraction of sp³-hybridized carbons (Fsp3) is 0.462. The molecule has 0 aliphatic carbocycles. The van der Waals surface area contributed by atoms with E-state index in [-0.39, 0.29) is 5.84 Å². The molecule has 4 nitrogen and oxygen atoms in total. The number of amidine groups is 1. The van der Waals surface area contributed by atoms with Crippen molar-refractivity contribution in [2.75, 3.05) is 13.2 Å². The summed E-state index contributed by atoms with van der Waals surface area (Å²) in [5, 5.41) is 12.5. The second kappa shape index (κ2) is 6.11. The summed E-state index contributed by atoms with van der Waals surface area (Å²) in [6, 6.07) is 5.87. The first-order valence-electron chi connectivity index (χ1n) is 6.04. The van der Waals surface area contributed by atoms with E-state index >= 15 is 0 Å². The molecule has 18 heavy (non-hydrogen) atoms. The normalized spacial score (nSPS) is 17.9. The quantitative estimate of drug-likeness (QED) is 0.381. The molecule has 3 N–H and O–H groups in total. The lowest BCUT2D eigenvalue weighted by Gasteiger charge is -2.23. The van der Waals surface area contributed by atoms with E-state index in [9.17, 15) is 0 Å². The lowest BCUT2D eigenvalue weighted by Crippen LogP contribution is -2.19. The Labute approximate surface area is 111 Å². The second-order valence-corrected chi connectivity index (χ2v) is 5.68. The molecule has 1 saturated heterocycles. The molecule has 1 aromatic rings. The molecule has 0 saturated carbocycles. The third-order valence-corrected chi connectivity index (χ3v) is 4.63. The topological polar surface area (TPSA) is 67.8 Å². The first-order chi connectivity index (χ1) is 8.72. The van der Waals surface area contributed by atoms with Crippen LogP contribution in [-0.2, 0) is 4.74 Å². The van der Waals surface area contributed by atoms with Crippen LogP contribution in [0.15, 0.2) is 28.3 Å². The number of nitrogens with two attached hydrogens (primary N) is 1. The van der Waals surface area contributed by atoms with Crippen LogP contribution in [0.25, 0.3) is 0 Å². The summed E-state index contributed by atoms with van der Waals surface area (Å²) < 4.78 is 5.36. The van der Waals surface area contributed by atoms with Gasteiger partial charge in [-0.25, -0.2) is 0 Å². The van der Waals surface area contributed by atoms with Crippen LogP contribution in [-0.4, -0.2) is 29.5 Å². The van der Waals surface area contributed by atoms with Gasteiger partial charge in [0, 0.05) is 28.9 Å². The maximum Gasteiger partial charge on any atom is 0.171 e. The molecule has 2 rings (SSSR count). The molecule has 5 heteroatoms. The Kier molecular flexibility index (Phi) is 4.49. The average molecular weight is 266 g/mol. The van der Waals surface area contributed by atoms with E-state index in [1.54, 1.807) is 0 Å². The Bertz CT molecular complexity index is 443. The number of nitrogens with zero attached hydrogens (tertiary/aromatic N) is 1. The van der Waals surface area contributed by atoms with Crippen molar-refractivity contribution in [2.24, 2.45) is 10.9 Å². The van der Waals surface area contributed by atoms with E-state index in [4.69, 9.17) is 15.7 Å². The fourth-order valence-corrected chi connectivity index (χ4v) is 3.34. The summed E-state index contributed by atoms with van der Waals surface area (Å²) in [5.41, 5.74) is 7.71. The Balaban J connectivity index is 2.24. The monoisotopic (exact) mass is 266 g/mol. The van der Waals surface area contributed by atoms with Crippen molar-refractivity contribution in [2.45, 2.75) is 29.9 Å². The highest BCUT2D eigenvalue weighted by Crippen LogP contribution is 2.34. The Morgan fingerprint density at radius 1 is 1.44 bits per heavy atom.